The smallest absolute Gasteiger partial charge is 0.259 e. The van der Waals surface area contributed by atoms with Gasteiger partial charge in [-0.25, -0.2) is 0 Å². The molecule has 2 N–H and O–H groups in total. The number of benzene rings is 2. The number of hydrogen-bond acceptors (Lipinski definition) is 6. The first-order valence-corrected chi connectivity index (χ1v) is 8.98. The lowest BCUT2D eigenvalue weighted by atomic mass is 10.1. The zero-order chi connectivity index (χ0) is 21.5. The molecule has 154 valence electrons. The van der Waals surface area contributed by atoms with Crippen molar-refractivity contribution in [1.82, 2.24) is 4.98 Å². The molecule has 2 amide bonds. The fourth-order valence-corrected chi connectivity index (χ4v) is 2.78. The van der Waals surface area contributed by atoms with Crippen LogP contribution in [0.4, 0.5) is 11.4 Å². The summed E-state index contributed by atoms with van der Waals surface area (Å²) in [5, 5.41) is 5.57. The third kappa shape index (κ3) is 4.67. The predicted octanol–water partition coefficient (Wildman–Crippen LogP) is 3.61. The summed E-state index contributed by atoms with van der Waals surface area (Å²) in [6, 6.07) is 13.3. The van der Waals surface area contributed by atoms with Crippen LogP contribution in [0.25, 0.3) is 0 Å². The molecule has 8 heteroatoms. The van der Waals surface area contributed by atoms with Gasteiger partial charge in [-0.05, 0) is 30.3 Å². The van der Waals surface area contributed by atoms with Gasteiger partial charge in [0.1, 0.15) is 5.75 Å². The maximum atomic E-state index is 12.8. The zero-order valence-corrected chi connectivity index (χ0v) is 16.8. The zero-order valence-electron chi connectivity index (χ0n) is 16.8. The summed E-state index contributed by atoms with van der Waals surface area (Å²) in [5.74, 6) is 0.495. The van der Waals surface area contributed by atoms with E-state index in [-0.39, 0.29) is 11.5 Å². The molecular weight excluding hydrogens is 386 g/mol. The number of nitrogens with zero attached hydrogens (tertiary/aromatic N) is 1. The molecule has 0 bridgehead atoms. The minimum atomic E-state index is -0.400. The first-order valence-electron chi connectivity index (χ1n) is 8.98. The van der Waals surface area contributed by atoms with Gasteiger partial charge in [-0.2, -0.15) is 0 Å². The number of rotatable bonds is 7. The van der Waals surface area contributed by atoms with E-state index in [0.29, 0.717) is 34.2 Å². The Hall–Kier alpha value is -4.07. The summed E-state index contributed by atoms with van der Waals surface area (Å²) in [5.41, 5.74) is 1.74. The van der Waals surface area contributed by atoms with Crippen molar-refractivity contribution in [2.45, 2.75) is 0 Å². The van der Waals surface area contributed by atoms with E-state index in [1.165, 1.54) is 27.5 Å². The van der Waals surface area contributed by atoms with Crippen LogP contribution in [0.5, 0.6) is 17.2 Å². The summed E-state index contributed by atoms with van der Waals surface area (Å²) in [7, 11) is 4.45. The Bertz CT molecular complexity index is 1050. The monoisotopic (exact) mass is 407 g/mol. The Morgan fingerprint density at radius 2 is 1.40 bits per heavy atom. The molecule has 0 unspecified atom stereocenters. The van der Waals surface area contributed by atoms with E-state index >= 15 is 0 Å². The fraction of sp³-hybridized carbons (Fsp3) is 0.136. The Morgan fingerprint density at radius 3 is 2.00 bits per heavy atom. The first kappa shape index (κ1) is 20.7. The van der Waals surface area contributed by atoms with Crippen LogP contribution in [0.15, 0.2) is 60.9 Å². The molecular formula is C22H21N3O5. The van der Waals surface area contributed by atoms with Gasteiger partial charge in [-0.3, -0.25) is 14.6 Å². The fourth-order valence-electron chi connectivity index (χ4n) is 2.78. The summed E-state index contributed by atoms with van der Waals surface area (Å²) in [6.07, 6.45) is 3.07. The topological polar surface area (TPSA) is 98.8 Å². The molecule has 0 aliphatic rings. The number of hydrogen-bond donors (Lipinski definition) is 2. The van der Waals surface area contributed by atoms with E-state index in [1.807, 2.05) is 0 Å². The van der Waals surface area contributed by atoms with Gasteiger partial charge >= 0.3 is 0 Å². The van der Waals surface area contributed by atoms with Crippen molar-refractivity contribution in [2.75, 3.05) is 32.0 Å². The highest BCUT2D eigenvalue weighted by Crippen LogP contribution is 2.35. The summed E-state index contributed by atoms with van der Waals surface area (Å²) < 4.78 is 15.8. The molecule has 3 rings (SSSR count). The van der Waals surface area contributed by atoms with Crippen molar-refractivity contribution in [1.29, 1.82) is 0 Å². The van der Waals surface area contributed by atoms with Gasteiger partial charge in [-0.1, -0.05) is 6.07 Å². The number of carbonyl (C=O) groups is 2. The van der Waals surface area contributed by atoms with Gasteiger partial charge in [0.05, 0.1) is 32.5 Å². The van der Waals surface area contributed by atoms with Crippen molar-refractivity contribution in [3.63, 3.8) is 0 Å². The second-order valence-electron chi connectivity index (χ2n) is 6.14. The van der Waals surface area contributed by atoms with Crippen molar-refractivity contribution in [3.8, 4) is 17.2 Å². The number of carbonyl (C=O) groups excluding carboxylic acids is 2. The van der Waals surface area contributed by atoms with Crippen LogP contribution in [0.1, 0.15) is 20.7 Å². The molecule has 0 saturated carbocycles. The van der Waals surface area contributed by atoms with Gasteiger partial charge < -0.3 is 24.8 Å². The van der Waals surface area contributed by atoms with E-state index in [2.05, 4.69) is 15.6 Å². The predicted molar refractivity (Wildman–Crippen MR) is 113 cm³/mol. The lowest BCUT2D eigenvalue weighted by Crippen LogP contribution is -2.15. The first-order chi connectivity index (χ1) is 14.5. The highest BCUT2D eigenvalue weighted by Gasteiger charge is 2.18. The molecule has 3 aromatic rings. The number of amides is 2. The maximum absolute atomic E-state index is 12.8. The van der Waals surface area contributed by atoms with E-state index in [0.717, 1.165) is 0 Å². The second-order valence-corrected chi connectivity index (χ2v) is 6.14. The largest absolute Gasteiger partial charge is 0.496 e. The van der Waals surface area contributed by atoms with Gasteiger partial charge in [0.15, 0.2) is 11.5 Å². The third-order valence-electron chi connectivity index (χ3n) is 4.25. The van der Waals surface area contributed by atoms with Crippen LogP contribution in [-0.4, -0.2) is 38.1 Å². The molecule has 0 saturated heterocycles. The SMILES string of the molecule is COc1cc(OC)c(C(=O)Nc2cccc(NC(=O)c3cccnc3)c2)cc1OC. The van der Waals surface area contributed by atoms with Crippen molar-refractivity contribution in [2.24, 2.45) is 0 Å². The van der Waals surface area contributed by atoms with Crippen LogP contribution in [0, 0.1) is 0 Å². The molecule has 2 aromatic carbocycles. The molecule has 0 aliphatic heterocycles. The van der Waals surface area contributed by atoms with Gasteiger partial charge in [0.25, 0.3) is 11.8 Å². The molecule has 0 aliphatic carbocycles. The Kier molecular flexibility index (Phi) is 6.49. The minimum absolute atomic E-state index is 0.278. The van der Waals surface area contributed by atoms with E-state index < -0.39 is 5.91 Å². The number of nitrogens with one attached hydrogen (secondary N) is 2. The number of aromatic nitrogens is 1. The minimum Gasteiger partial charge on any atom is -0.496 e. The lowest BCUT2D eigenvalue weighted by molar-refractivity contribution is 0.101. The highest BCUT2D eigenvalue weighted by molar-refractivity contribution is 6.07. The Balaban J connectivity index is 1.79. The van der Waals surface area contributed by atoms with Gasteiger partial charge in [-0.15, -0.1) is 0 Å². The number of methoxy groups -OCH3 is 3. The quantitative estimate of drug-likeness (QED) is 0.621. The average molecular weight is 407 g/mol. The molecule has 30 heavy (non-hydrogen) atoms. The van der Waals surface area contributed by atoms with Crippen molar-refractivity contribution < 1.29 is 23.8 Å². The maximum Gasteiger partial charge on any atom is 0.259 e. The van der Waals surface area contributed by atoms with Crippen LogP contribution in [0.3, 0.4) is 0 Å². The normalized spacial score (nSPS) is 10.1. The van der Waals surface area contributed by atoms with Crippen molar-refractivity contribution in [3.05, 3.63) is 72.1 Å². The molecule has 8 nitrogen and oxygen atoms in total. The van der Waals surface area contributed by atoms with Crippen LogP contribution in [0.2, 0.25) is 0 Å². The summed E-state index contributed by atoms with van der Waals surface area (Å²) in [4.78, 5) is 29.1. The Morgan fingerprint density at radius 1 is 0.767 bits per heavy atom. The third-order valence-corrected chi connectivity index (χ3v) is 4.25. The average Bonchev–Trinajstić information content (AvgIpc) is 2.78. The van der Waals surface area contributed by atoms with E-state index in [1.54, 1.807) is 54.7 Å². The number of ether oxygens (including phenoxy) is 3. The molecule has 0 atom stereocenters. The van der Waals surface area contributed by atoms with Crippen LogP contribution < -0.4 is 24.8 Å². The lowest BCUT2D eigenvalue weighted by Gasteiger charge is -2.14. The number of anilines is 2. The van der Waals surface area contributed by atoms with Crippen LogP contribution in [-0.2, 0) is 0 Å². The molecule has 0 fully saturated rings. The standard InChI is InChI=1S/C22H21N3O5/c1-28-18-12-20(30-3)19(29-2)11-17(18)22(27)25-16-8-4-7-15(10-16)24-21(26)14-6-5-9-23-13-14/h4-13H,1-3H3,(H,24,26)(H,25,27). The number of pyridine rings is 1. The van der Waals surface area contributed by atoms with E-state index in [9.17, 15) is 9.59 Å². The molecule has 0 spiro atoms. The van der Waals surface area contributed by atoms with Gasteiger partial charge in [0.2, 0.25) is 0 Å². The summed E-state index contributed by atoms with van der Waals surface area (Å²) in [6.45, 7) is 0. The highest BCUT2D eigenvalue weighted by atomic mass is 16.5. The molecule has 1 heterocycles. The Labute approximate surface area is 173 Å². The van der Waals surface area contributed by atoms with E-state index in [4.69, 9.17) is 14.2 Å². The molecule has 0 radical (unpaired) electrons. The van der Waals surface area contributed by atoms with Crippen LogP contribution >= 0.6 is 0 Å². The molecule has 1 aromatic heterocycles. The van der Waals surface area contributed by atoms with Gasteiger partial charge in [0, 0.05) is 35.9 Å². The second kappa shape index (κ2) is 9.42. The van der Waals surface area contributed by atoms with Crippen molar-refractivity contribution >= 4 is 23.2 Å². The summed E-state index contributed by atoms with van der Waals surface area (Å²) >= 11 is 0.